The fraction of sp³-hybridized carbons (Fsp3) is 0.200. The van der Waals surface area contributed by atoms with Crippen molar-refractivity contribution in [2.45, 2.75) is 12.7 Å². The van der Waals surface area contributed by atoms with Crippen LogP contribution in [0.15, 0.2) is 54.6 Å². The molecule has 2 amide bonds. The molecule has 0 bridgehead atoms. The summed E-state index contributed by atoms with van der Waals surface area (Å²) in [5.74, 6) is -0.414. The lowest BCUT2D eigenvalue weighted by Crippen LogP contribution is -2.20. The molecule has 2 rings (SSSR count). The number of ether oxygens (including phenoxy) is 1. The van der Waals surface area contributed by atoms with E-state index in [0.717, 1.165) is 11.1 Å². The molecule has 0 aliphatic carbocycles. The minimum atomic E-state index is -4.39. The second kappa shape index (κ2) is 9.59. The zero-order valence-corrected chi connectivity index (χ0v) is 15.0. The third-order valence-electron chi connectivity index (χ3n) is 3.62. The first-order chi connectivity index (χ1) is 13.3. The Labute approximate surface area is 160 Å². The summed E-state index contributed by atoms with van der Waals surface area (Å²) in [5, 5.41) is 5.19. The van der Waals surface area contributed by atoms with E-state index >= 15 is 0 Å². The third-order valence-corrected chi connectivity index (χ3v) is 3.62. The first-order valence-electron chi connectivity index (χ1n) is 8.33. The molecule has 2 aromatic carbocycles. The fourth-order valence-corrected chi connectivity index (χ4v) is 2.18. The number of benzene rings is 2. The first kappa shape index (κ1) is 21.0. The quantitative estimate of drug-likeness (QED) is 0.711. The molecule has 148 valence electrons. The van der Waals surface area contributed by atoms with Crippen LogP contribution in [-0.4, -0.2) is 31.6 Å². The summed E-state index contributed by atoms with van der Waals surface area (Å²) >= 11 is 0. The maximum absolute atomic E-state index is 12.1. The van der Waals surface area contributed by atoms with Crippen LogP contribution in [0.1, 0.15) is 21.5 Å². The van der Waals surface area contributed by atoms with Gasteiger partial charge in [0.2, 0.25) is 5.91 Å². The van der Waals surface area contributed by atoms with E-state index in [-0.39, 0.29) is 24.1 Å². The molecule has 8 heteroatoms. The molecule has 0 radical (unpaired) electrons. The van der Waals surface area contributed by atoms with E-state index in [1.54, 1.807) is 49.5 Å². The number of nitrogens with one attached hydrogen (secondary N) is 2. The molecule has 0 heterocycles. The summed E-state index contributed by atoms with van der Waals surface area (Å²) in [5.41, 5.74) is 2.00. The van der Waals surface area contributed by atoms with Crippen LogP contribution in [0.5, 0.6) is 5.75 Å². The van der Waals surface area contributed by atoms with Crippen LogP contribution >= 0.6 is 0 Å². The van der Waals surface area contributed by atoms with Gasteiger partial charge in [-0.25, -0.2) is 0 Å². The predicted octanol–water partition coefficient (Wildman–Crippen LogP) is 3.32. The van der Waals surface area contributed by atoms with Crippen LogP contribution in [0.4, 0.5) is 13.2 Å². The van der Waals surface area contributed by atoms with Gasteiger partial charge in [0.05, 0.1) is 0 Å². The Morgan fingerprint density at radius 3 is 2.25 bits per heavy atom. The van der Waals surface area contributed by atoms with Gasteiger partial charge in [-0.1, -0.05) is 24.3 Å². The average Bonchev–Trinajstić information content (AvgIpc) is 2.69. The summed E-state index contributed by atoms with van der Waals surface area (Å²) in [6, 6.07) is 12.7. The third kappa shape index (κ3) is 7.14. The number of amides is 2. The van der Waals surface area contributed by atoms with Gasteiger partial charge in [-0.3, -0.25) is 9.59 Å². The fourth-order valence-electron chi connectivity index (χ4n) is 2.18. The highest BCUT2D eigenvalue weighted by Gasteiger charge is 2.28. The van der Waals surface area contributed by atoms with Crippen molar-refractivity contribution in [3.05, 3.63) is 71.3 Å². The van der Waals surface area contributed by atoms with Crippen molar-refractivity contribution in [3.8, 4) is 5.75 Å². The Bertz CT molecular complexity index is 829. The Balaban J connectivity index is 1.81. The number of hydrogen-bond acceptors (Lipinski definition) is 3. The van der Waals surface area contributed by atoms with Crippen molar-refractivity contribution >= 4 is 17.9 Å². The van der Waals surface area contributed by atoms with E-state index < -0.39 is 12.8 Å². The summed E-state index contributed by atoms with van der Waals surface area (Å²) < 4.78 is 40.9. The second-order valence-corrected chi connectivity index (χ2v) is 5.80. The molecule has 2 aromatic rings. The van der Waals surface area contributed by atoms with E-state index in [0.29, 0.717) is 5.56 Å². The van der Waals surface area contributed by atoms with Crippen LogP contribution in [0.3, 0.4) is 0 Å². The van der Waals surface area contributed by atoms with Crippen LogP contribution in [0.2, 0.25) is 0 Å². The Morgan fingerprint density at radius 1 is 1.04 bits per heavy atom. The van der Waals surface area contributed by atoms with E-state index in [1.807, 2.05) is 0 Å². The molecule has 5 nitrogen and oxygen atoms in total. The van der Waals surface area contributed by atoms with Crippen molar-refractivity contribution in [1.29, 1.82) is 0 Å². The molecule has 0 aliphatic rings. The first-order valence-corrected chi connectivity index (χ1v) is 8.33. The molecule has 0 spiro atoms. The highest BCUT2D eigenvalue weighted by atomic mass is 19.4. The molecule has 0 fully saturated rings. The zero-order chi connectivity index (χ0) is 20.6. The standard InChI is InChI=1S/C20H19F3N2O3/c1-24-19(27)16-7-2-14(3-8-16)6-11-18(26)25-12-15-4-9-17(10-5-15)28-13-20(21,22)23/h2-11H,12-13H2,1H3,(H,24,27)(H,25,26)/b11-6+. The predicted molar refractivity (Wildman–Crippen MR) is 98.7 cm³/mol. The van der Waals surface area contributed by atoms with Gasteiger partial charge >= 0.3 is 6.18 Å². The lowest BCUT2D eigenvalue weighted by Gasteiger charge is -2.09. The van der Waals surface area contributed by atoms with Crippen molar-refractivity contribution in [1.82, 2.24) is 10.6 Å². The molecule has 28 heavy (non-hydrogen) atoms. The monoisotopic (exact) mass is 392 g/mol. The van der Waals surface area contributed by atoms with Crippen LogP contribution in [0.25, 0.3) is 6.08 Å². The van der Waals surface area contributed by atoms with Gasteiger partial charge in [-0.05, 0) is 41.5 Å². The SMILES string of the molecule is CNC(=O)c1ccc(/C=C/C(=O)NCc2ccc(OCC(F)(F)F)cc2)cc1. The largest absolute Gasteiger partial charge is 0.484 e. The number of alkyl halides is 3. The molecule has 0 saturated carbocycles. The molecular weight excluding hydrogens is 373 g/mol. The van der Waals surface area contributed by atoms with Gasteiger partial charge in [0.1, 0.15) is 5.75 Å². The summed E-state index contributed by atoms with van der Waals surface area (Å²) in [7, 11) is 1.55. The maximum Gasteiger partial charge on any atom is 0.422 e. The number of hydrogen-bond donors (Lipinski definition) is 2. The van der Waals surface area contributed by atoms with Crippen molar-refractivity contribution in [3.63, 3.8) is 0 Å². The normalized spacial score (nSPS) is 11.3. The maximum atomic E-state index is 12.1. The van der Waals surface area contributed by atoms with Gasteiger partial charge in [0.25, 0.3) is 5.91 Å². The number of rotatable bonds is 7. The molecule has 0 aliphatic heterocycles. The van der Waals surface area contributed by atoms with Crippen molar-refractivity contribution in [2.75, 3.05) is 13.7 Å². The highest BCUT2D eigenvalue weighted by molar-refractivity contribution is 5.94. The number of carbonyl (C=O) groups excluding carboxylic acids is 2. The zero-order valence-electron chi connectivity index (χ0n) is 15.0. The lowest BCUT2D eigenvalue weighted by molar-refractivity contribution is -0.153. The summed E-state index contributed by atoms with van der Waals surface area (Å²) in [4.78, 5) is 23.3. The Hall–Kier alpha value is -3.29. The molecule has 0 aromatic heterocycles. The van der Waals surface area contributed by atoms with Crippen LogP contribution in [-0.2, 0) is 11.3 Å². The van der Waals surface area contributed by atoms with E-state index in [4.69, 9.17) is 0 Å². The summed E-state index contributed by atoms with van der Waals surface area (Å²) in [6.07, 6.45) is -1.42. The van der Waals surface area contributed by atoms with E-state index in [2.05, 4.69) is 15.4 Å². The van der Waals surface area contributed by atoms with Crippen molar-refractivity contribution in [2.24, 2.45) is 0 Å². The van der Waals surface area contributed by atoms with Gasteiger partial charge in [-0.15, -0.1) is 0 Å². The minimum absolute atomic E-state index is 0.104. The average molecular weight is 392 g/mol. The van der Waals surface area contributed by atoms with E-state index in [9.17, 15) is 22.8 Å². The molecule has 0 unspecified atom stereocenters. The second-order valence-electron chi connectivity index (χ2n) is 5.80. The molecule has 0 atom stereocenters. The molecule has 0 saturated heterocycles. The van der Waals surface area contributed by atoms with Gasteiger partial charge in [0.15, 0.2) is 6.61 Å². The minimum Gasteiger partial charge on any atom is -0.484 e. The topological polar surface area (TPSA) is 67.4 Å². The van der Waals surface area contributed by atoms with E-state index in [1.165, 1.54) is 18.2 Å². The van der Waals surface area contributed by atoms with Crippen LogP contribution in [0, 0.1) is 0 Å². The van der Waals surface area contributed by atoms with Crippen LogP contribution < -0.4 is 15.4 Å². The summed E-state index contributed by atoms with van der Waals surface area (Å²) in [6.45, 7) is -1.13. The van der Waals surface area contributed by atoms with Gasteiger partial charge < -0.3 is 15.4 Å². The van der Waals surface area contributed by atoms with Crippen molar-refractivity contribution < 1.29 is 27.5 Å². The smallest absolute Gasteiger partial charge is 0.422 e. The molecular formula is C20H19F3N2O3. The highest BCUT2D eigenvalue weighted by Crippen LogP contribution is 2.18. The Kier molecular flexibility index (Phi) is 7.20. The lowest BCUT2D eigenvalue weighted by atomic mass is 10.1. The number of carbonyl (C=O) groups is 2. The van der Waals surface area contributed by atoms with Gasteiger partial charge in [-0.2, -0.15) is 13.2 Å². The number of halogens is 3. The van der Waals surface area contributed by atoms with Gasteiger partial charge in [0, 0.05) is 25.2 Å². The Morgan fingerprint density at radius 2 is 1.68 bits per heavy atom. The molecule has 2 N–H and O–H groups in total.